The van der Waals surface area contributed by atoms with Crippen molar-refractivity contribution >= 4 is 17.3 Å². The molecule has 0 aliphatic heterocycles. The highest BCUT2D eigenvalue weighted by atomic mass is 19.1. The summed E-state index contributed by atoms with van der Waals surface area (Å²) in [6.07, 6.45) is 1.42. The van der Waals surface area contributed by atoms with Gasteiger partial charge in [0.05, 0.1) is 36.9 Å². The van der Waals surface area contributed by atoms with Crippen LogP contribution >= 0.6 is 0 Å². The van der Waals surface area contributed by atoms with Crippen LogP contribution in [0.3, 0.4) is 0 Å². The first-order valence-electron chi connectivity index (χ1n) is 9.14. The summed E-state index contributed by atoms with van der Waals surface area (Å²) in [5, 5.41) is 13.9. The molecule has 9 heteroatoms. The standard InChI is InChI=1S/C20H23FN2O6/c1-4-8-28-18-11-16(17(23(25)26)12-19(18)29-9-5-2)22-20(24)14-7-6-13(27-3)10-15(14)21/h6-7,10-12H,4-5,8-9H2,1-3H3,(H,22,24). The maximum absolute atomic E-state index is 14.2. The van der Waals surface area contributed by atoms with Gasteiger partial charge in [0, 0.05) is 12.1 Å². The van der Waals surface area contributed by atoms with Gasteiger partial charge in [-0.15, -0.1) is 0 Å². The number of halogens is 1. The number of carbonyl (C=O) groups is 1. The van der Waals surface area contributed by atoms with E-state index < -0.39 is 16.6 Å². The van der Waals surface area contributed by atoms with E-state index in [1.807, 2.05) is 13.8 Å². The van der Waals surface area contributed by atoms with E-state index in [2.05, 4.69) is 5.32 Å². The van der Waals surface area contributed by atoms with E-state index >= 15 is 0 Å². The number of methoxy groups -OCH3 is 1. The highest BCUT2D eigenvalue weighted by Crippen LogP contribution is 2.38. The summed E-state index contributed by atoms with van der Waals surface area (Å²) in [5.74, 6) is -0.929. The van der Waals surface area contributed by atoms with Gasteiger partial charge in [0.1, 0.15) is 17.3 Å². The normalized spacial score (nSPS) is 10.3. The van der Waals surface area contributed by atoms with E-state index in [4.69, 9.17) is 14.2 Å². The highest BCUT2D eigenvalue weighted by molar-refractivity contribution is 6.06. The van der Waals surface area contributed by atoms with E-state index in [0.717, 1.165) is 6.07 Å². The number of nitro groups is 1. The van der Waals surface area contributed by atoms with Gasteiger partial charge in [0.15, 0.2) is 11.5 Å². The smallest absolute Gasteiger partial charge is 0.296 e. The average molecular weight is 406 g/mol. The Morgan fingerprint density at radius 2 is 1.72 bits per heavy atom. The monoisotopic (exact) mass is 406 g/mol. The Morgan fingerprint density at radius 3 is 2.24 bits per heavy atom. The van der Waals surface area contributed by atoms with Crippen LogP contribution in [0, 0.1) is 15.9 Å². The van der Waals surface area contributed by atoms with Crippen molar-refractivity contribution in [2.24, 2.45) is 0 Å². The first-order valence-corrected chi connectivity index (χ1v) is 9.14. The van der Waals surface area contributed by atoms with Crippen molar-refractivity contribution in [3.8, 4) is 17.2 Å². The molecule has 2 aromatic rings. The summed E-state index contributed by atoms with van der Waals surface area (Å²) in [6, 6.07) is 6.23. The molecule has 1 N–H and O–H groups in total. The molecule has 29 heavy (non-hydrogen) atoms. The van der Waals surface area contributed by atoms with Crippen molar-refractivity contribution in [2.45, 2.75) is 26.7 Å². The zero-order valence-corrected chi connectivity index (χ0v) is 16.5. The van der Waals surface area contributed by atoms with E-state index in [1.165, 1.54) is 31.4 Å². The Balaban J connectivity index is 2.41. The molecule has 0 fully saturated rings. The lowest BCUT2D eigenvalue weighted by Gasteiger charge is -2.15. The highest BCUT2D eigenvalue weighted by Gasteiger charge is 2.23. The molecular weight excluding hydrogens is 383 g/mol. The molecule has 8 nitrogen and oxygen atoms in total. The lowest BCUT2D eigenvalue weighted by atomic mass is 10.1. The quantitative estimate of drug-likeness (QED) is 0.458. The van der Waals surface area contributed by atoms with Gasteiger partial charge in [-0.1, -0.05) is 13.8 Å². The Labute approximate surface area is 167 Å². The molecule has 156 valence electrons. The zero-order valence-electron chi connectivity index (χ0n) is 16.5. The summed E-state index contributed by atoms with van der Waals surface area (Å²) < 4.78 is 30.2. The zero-order chi connectivity index (χ0) is 21.4. The Hall–Kier alpha value is -3.36. The maximum Gasteiger partial charge on any atom is 0.296 e. The van der Waals surface area contributed by atoms with Gasteiger partial charge in [-0.2, -0.15) is 0 Å². The van der Waals surface area contributed by atoms with Crippen molar-refractivity contribution in [3.05, 3.63) is 51.8 Å². The molecule has 0 aliphatic carbocycles. The minimum atomic E-state index is -0.836. The average Bonchev–Trinajstić information content (AvgIpc) is 2.70. The van der Waals surface area contributed by atoms with Gasteiger partial charge in [0.2, 0.25) is 0 Å². The van der Waals surface area contributed by atoms with Crippen molar-refractivity contribution in [1.29, 1.82) is 0 Å². The predicted molar refractivity (Wildman–Crippen MR) is 106 cm³/mol. The number of benzene rings is 2. The molecular formula is C20H23FN2O6. The molecule has 0 heterocycles. The molecule has 2 aromatic carbocycles. The number of hydrogen-bond donors (Lipinski definition) is 1. The van der Waals surface area contributed by atoms with Crippen LogP contribution in [0.1, 0.15) is 37.0 Å². The number of hydrogen-bond acceptors (Lipinski definition) is 6. The summed E-state index contributed by atoms with van der Waals surface area (Å²) >= 11 is 0. The van der Waals surface area contributed by atoms with Crippen molar-refractivity contribution < 1.29 is 28.3 Å². The number of ether oxygens (including phenoxy) is 3. The summed E-state index contributed by atoms with van der Waals surface area (Å²) in [6.45, 7) is 4.52. The number of nitrogens with zero attached hydrogens (tertiary/aromatic N) is 1. The van der Waals surface area contributed by atoms with Crippen LogP contribution in [0.5, 0.6) is 17.2 Å². The molecule has 0 aliphatic rings. The Kier molecular flexibility index (Phi) is 7.76. The number of nitro benzene ring substituents is 1. The van der Waals surface area contributed by atoms with Crippen molar-refractivity contribution in [2.75, 3.05) is 25.6 Å². The fraction of sp³-hybridized carbons (Fsp3) is 0.350. The number of rotatable bonds is 10. The molecule has 0 bridgehead atoms. The topological polar surface area (TPSA) is 99.9 Å². The van der Waals surface area contributed by atoms with Gasteiger partial charge < -0.3 is 19.5 Å². The van der Waals surface area contributed by atoms with Crippen LogP contribution in [-0.2, 0) is 0 Å². The molecule has 0 saturated carbocycles. The molecule has 1 amide bonds. The first-order chi connectivity index (χ1) is 13.9. The second kappa shape index (κ2) is 10.3. The van der Waals surface area contributed by atoms with E-state index in [0.29, 0.717) is 26.1 Å². The summed E-state index contributed by atoms with van der Waals surface area (Å²) in [7, 11) is 1.37. The van der Waals surface area contributed by atoms with Crippen LogP contribution in [0.15, 0.2) is 30.3 Å². The molecule has 0 atom stereocenters. The molecule has 0 radical (unpaired) electrons. The van der Waals surface area contributed by atoms with Gasteiger partial charge >= 0.3 is 0 Å². The fourth-order valence-corrected chi connectivity index (χ4v) is 2.45. The maximum atomic E-state index is 14.2. The Bertz CT molecular complexity index is 888. The van der Waals surface area contributed by atoms with Gasteiger partial charge in [-0.3, -0.25) is 14.9 Å². The number of amides is 1. The third-order valence-corrected chi connectivity index (χ3v) is 3.85. The van der Waals surface area contributed by atoms with Crippen LogP contribution in [0.25, 0.3) is 0 Å². The van der Waals surface area contributed by atoms with E-state index in [-0.39, 0.29) is 34.2 Å². The first kappa shape index (κ1) is 21.9. The largest absolute Gasteiger partial charge is 0.497 e. The SMILES string of the molecule is CCCOc1cc(NC(=O)c2ccc(OC)cc2F)c([N+](=O)[O-])cc1OCCC. The van der Waals surface area contributed by atoms with Crippen LogP contribution in [0.4, 0.5) is 15.8 Å². The lowest BCUT2D eigenvalue weighted by molar-refractivity contribution is -0.384. The van der Waals surface area contributed by atoms with Crippen LogP contribution < -0.4 is 19.5 Å². The van der Waals surface area contributed by atoms with Gasteiger partial charge in [0.25, 0.3) is 11.6 Å². The fourth-order valence-electron chi connectivity index (χ4n) is 2.45. The Morgan fingerprint density at radius 1 is 1.10 bits per heavy atom. The van der Waals surface area contributed by atoms with E-state index in [9.17, 15) is 19.3 Å². The second-order valence-electron chi connectivity index (χ2n) is 6.07. The van der Waals surface area contributed by atoms with Crippen LogP contribution in [-0.4, -0.2) is 31.2 Å². The second-order valence-corrected chi connectivity index (χ2v) is 6.07. The van der Waals surface area contributed by atoms with Crippen LogP contribution in [0.2, 0.25) is 0 Å². The molecule has 0 spiro atoms. The summed E-state index contributed by atoms with van der Waals surface area (Å²) in [5.41, 5.74) is -0.783. The molecule has 0 aromatic heterocycles. The van der Waals surface area contributed by atoms with Crippen molar-refractivity contribution in [3.63, 3.8) is 0 Å². The molecule has 0 saturated heterocycles. The van der Waals surface area contributed by atoms with E-state index in [1.54, 1.807) is 0 Å². The summed E-state index contributed by atoms with van der Waals surface area (Å²) in [4.78, 5) is 23.4. The number of anilines is 1. The third-order valence-electron chi connectivity index (χ3n) is 3.85. The molecule has 0 unspecified atom stereocenters. The minimum Gasteiger partial charge on any atom is -0.497 e. The molecule has 2 rings (SSSR count). The number of carbonyl (C=O) groups excluding carboxylic acids is 1. The van der Waals surface area contributed by atoms with Gasteiger partial charge in [-0.25, -0.2) is 4.39 Å². The lowest BCUT2D eigenvalue weighted by Crippen LogP contribution is -2.15. The third kappa shape index (κ3) is 5.56. The van der Waals surface area contributed by atoms with Gasteiger partial charge in [-0.05, 0) is 25.0 Å². The minimum absolute atomic E-state index is 0.120. The van der Waals surface area contributed by atoms with Crippen molar-refractivity contribution in [1.82, 2.24) is 0 Å². The predicted octanol–water partition coefficient (Wildman–Crippen LogP) is 4.57. The number of nitrogens with one attached hydrogen (secondary N) is 1.